The Bertz CT molecular complexity index is 236. The second kappa shape index (κ2) is 5.67. The fourth-order valence-electron chi connectivity index (χ4n) is 2.91. The summed E-state index contributed by atoms with van der Waals surface area (Å²) in [4.78, 5) is 14.3. The first kappa shape index (κ1) is 11.9. The first-order valence-corrected chi connectivity index (χ1v) is 6.86. The van der Waals surface area contributed by atoms with Crippen molar-refractivity contribution in [3.8, 4) is 0 Å². The maximum Gasteiger partial charge on any atom is 0.241 e. The summed E-state index contributed by atoms with van der Waals surface area (Å²) < 4.78 is 0. The molecule has 92 valence electrons. The number of hydrogen-bond acceptors (Lipinski definition) is 2. The Labute approximate surface area is 98.6 Å². The predicted molar refractivity (Wildman–Crippen MR) is 65.0 cm³/mol. The summed E-state index contributed by atoms with van der Waals surface area (Å²) in [6.07, 6.45) is 9.73. The van der Waals surface area contributed by atoms with Gasteiger partial charge < -0.3 is 4.90 Å². The Hall–Kier alpha value is -0.570. The van der Waals surface area contributed by atoms with Gasteiger partial charge in [0.2, 0.25) is 5.91 Å². The van der Waals surface area contributed by atoms with E-state index in [0.29, 0.717) is 11.9 Å². The lowest BCUT2D eigenvalue weighted by molar-refractivity contribution is -0.131. The second-order valence-electron chi connectivity index (χ2n) is 5.16. The zero-order valence-corrected chi connectivity index (χ0v) is 10.4. The van der Waals surface area contributed by atoms with Crippen LogP contribution in [0.3, 0.4) is 0 Å². The van der Waals surface area contributed by atoms with E-state index < -0.39 is 0 Å². The predicted octanol–water partition coefficient (Wildman–Crippen LogP) is 2.27. The van der Waals surface area contributed by atoms with E-state index in [1.54, 1.807) is 0 Å². The third-order valence-corrected chi connectivity index (χ3v) is 3.95. The van der Waals surface area contributed by atoms with Gasteiger partial charge in [0.25, 0.3) is 0 Å². The molecule has 16 heavy (non-hydrogen) atoms. The SMILES string of the molecule is CCCCC1NCN(C2CCCCC2)C1=O. The molecule has 1 aliphatic heterocycles. The monoisotopic (exact) mass is 224 g/mol. The molecule has 1 saturated heterocycles. The molecule has 1 heterocycles. The van der Waals surface area contributed by atoms with E-state index in [4.69, 9.17) is 0 Å². The normalized spacial score (nSPS) is 27.7. The van der Waals surface area contributed by atoms with Crippen LogP contribution in [0.4, 0.5) is 0 Å². The molecular weight excluding hydrogens is 200 g/mol. The molecule has 1 aliphatic carbocycles. The molecule has 3 heteroatoms. The summed E-state index contributed by atoms with van der Waals surface area (Å²) in [5.41, 5.74) is 0. The third-order valence-electron chi connectivity index (χ3n) is 3.95. The molecule has 0 spiro atoms. The van der Waals surface area contributed by atoms with Crippen LogP contribution in [0.5, 0.6) is 0 Å². The molecule has 1 saturated carbocycles. The van der Waals surface area contributed by atoms with Gasteiger partial charge in [-0.1, -0.05) is 39.0 Å². The van der Waals surface area contributed by atoms with Crippen molar-refractivity contribution in [1.29, 1.82) is 0 Å². The molecule has 0 aromatic carbocycles. The Morgan fingerprint density at radius 3 is 2.75 bits per heavy atom. The lowest BCUT2D eigenvalue weighted by atomic mass is 9.94. The van der Waals surface area contributed by atoms with Gasteiger partial charge in [-0.15, -0.1) is 0 Å². The van der Waals surface area contributed by atoms with Crippen LogP contribution in [0, 0.1) is 0 Å². The van der Waals surface area contributed by atoms with E-state index in [1.807, 2.05) is 0 Å². The summed E-state index contributed by atoms with van der Waals surface area (Å²) in [6.45, 7) is 2.97. The average molecular weight is 224 g/mol. The smallest absolute Gasteiger partial charge is 0.241 e. The second-order valence-corrected chi connectivity index (χ2v) is 5.16. The van der Waals surface area contributed by atoms with Crippen molar-refractivity contribution in [2.45, 2.75) is 70.4 Å². The number of nitrogens with zero attached hydrogens (tertiary/aromatic N) is 1. The van der Waals surface area contributed by atoms with Crippen molar-refractivity contribution in [3.05, 3.63) is 0 Å². The highest BCUT2D eigenvalue weighted by molar-refractivity contribution is 5.84. The van der Waals surface area contributed by atoms with E-state index in [9.17, 15) is 4.79 Å². The Balaban J connectivity index is 1.85. The molecule has 1 atom stereocenters. The summed E-state index contributed by atoms with van der Waals surface area (Å²) in [6, 6.07) is 0.641. The van der Waals surface area contributed by atoms with E-state index >= 15 is 0 Å². The molecule has 2 fully saturated rings. The maximum absolute atomic E-state index is 12.2. The molecule has 0 aromatic heterocycles. The number of carbonyl (C=O) groups excluding carboxylic acids is 1. The average Bonchev–Trinajstić information content (AvgIpc) is 2.69. The van der Waals surface area contributed by atoms with Crippen molar-refractivity contribution in [1.82, 2.24) is 10.2 Å². The molecule has 0 aromatic rings. The van der Waals surface area contributed by atoms with Crippen LogP contribution >= 0.6 is 0 Å². The number of rotatable bonds is 4. The number of nitrogens with one attached hydrogen (secondary N) is 1. The fourth-order valence-corrected chi connectivity index (χ4v) is 2.91. The molecule has 2 aliphatic rings. The highest BCUT2D eigenvalue weighted by Gasteiger charge is 2.35. The van der Waals surface area contributed by atoms with Crippen LogP contribution in [0.1, 0.15) is 58.3 Å². The van der Waals surface area contributed by atoms with Gasteiger partial charge in [0.05, 0.1) is 12.7 Å². The van der Waals surface area contributed by atoms with E-state index in [-0.39, 0.29) is 6.04 Å². The van der Waals surface area contributed by atoms with Gasteiger partial charge in [0.15, 0.2) is 0 Å². The number of carbonyl (C=O) groups is 1. The van der Waals surface area contributed by atoms with Crippen molar-refractivity contribution >= 4 is 5.91 Å². The molecule has 2 rings (SSSR count). The highest BCUT2D eigenvalue weighted by atomic mass is 16.2. The third kappa shape index (κ3) is 2.57. The number of amides is 1. The molecule has 1 unspecified atom stereocenters. The summed E-state index contributed by atoms with van der Waals surface area (Å²) in [5, 5.41) is 3.36. The quantitative estimate of drug-likeness (QED) is 0.794. The van der Waals surface area contributed by atoms with Crippen LogP contribution < -0.4 is 5.32 Å². The standard InChI is InChI=1S/C13H24N2O/c1-2-3-9-12-13(16)15(10-14-12)11-7-5-4-6-8-11/h11-12,14H,2-10H2,1H3. The van der Waals surface area contributed by atoms with Crippen LogP contribution in [0.25, 0.3) is 0 Å². The minimum Gasteiger partial charge on any atom is -0.326 e. The summed E-state index contributed by atoms with van der Waals surface area (Å²) >= 11 is 0. The summed E-state index contributed by atoms with van der Waals surface area (Å²) in [7, 11) is 0. The van der Waals surface area contributed by atoms with Gasteiger partial charge in [-0.3, -0.25) is 10.1 Å². The molecule has 1 N–H and O–H groups in total. The van der Waals surface area contributed by atoms with Gasteiger partial charge in [0, 0.05) is 6.04 Å². The lowest BCUT2D eigenvalue weighted by Gasteiger charge is -2.30. The van der Waals surface area contributed by atoms with Gasteiger partial charge in [-0.25, -0.2) is 0 Å². The van der Waals surface area contributed by atoms with E-state index in [1.165, 1.54) is 38.5 Å². The first-order valence-electron chi connectivity index (χ1n) is 6.86. The minimum absolute atomic E-state index is 0.113. The fraction of sp³-hybridized carbons (Fsp3) is 0.923. The van der Waals surface area contributed by atoms with Crippen LogP contribution in [-0.2, 0) is 4.79 Å². The van der Waals surface area contributed by atoms with E-state index in [0.717, 1.165) is 19.5 Å². The first-order chi connectivity index (χ1) is 7.83. The number of unbranched alkanes of at least 4 members (excludes halogenated alkanes) is 1. The maximum atomic E-state index is 12.2. The van der Waals surface area contributed by atoms with Gasteiger partial charge in [0.1, 0.15) is 0 Å². The molecule has 1 amide bonds. The number of hydrogen-bond donors (Lipinski definition) is 1. The Kier molecular flexibility index (Phi) is 4.22. The molecule has 3 nitrogen and oxygen atoms in total. The van der Waals surface area contributed by atoms with Gasteiger partial charge >= 0.3 is 0 Å². The van der Waals surface area contributed by atoms with Crippen molar-refractivity contribution < 1.29 is 4.79 Å². The zero-order valence-electron chi connectivity index (χ0n) is 10.4. The molecule has 0 bridgehead atoms. The summed E-state index contributed by atoms with van der Waals surface area (Å²) in [5.74, 6) is 0.361. The lowest BCUT2D eigenvalue weighted by Crippen LogP contribution is -2.39. The van der Waals surface area contributed by atoms with Crippen LogP contribution in [-0.4, -0.2) is 29.6 Å². The molecular formula is C13H24N2O. The minimum atomic E-state index is 0.113. The topological polar surface area (TPSA) is 32.3 Å². The van der Waals surface area contributed by atoms with Crippen molar-refractivity contribution in [2.24, 2.45) is 0 Å². The van der Waals surface area contributed by atoms with Crippen molar-refractivity contribution in [3.63, 3.8) is 0 Å². The van der Waals surface area contributed by atoms with Gasteiger partial charge in [-0.05, 0) is 19.3 Å². The Morgan fingerprint density at radius 1 is 1.31 bits per heavy atom. The molecule has 0 radical (unpaired) electrons. The van der Waals surface area contributed by atoms with Crippen LogP contribution in [0.15, 0.2) is 0 Å². The van der Waals surface area contributed by atoms with Crippen LogP contribution in [0.2, 0.25) is 0 Å². The largest absolute Gasteiger partial charge is 0.326 e. The highest BCUT2D eigenvalue weighted by Crippen LogP contribution is 2.25. The van der Waals surface area contributed by atoms with E-state index in [2.05, 4.69) is 17.1 Å². The Morgan fingerprint density at radius 2 is 2.06 bits per heavy atom. The zero-order chi connectivity index (χ0) is 11.4. The van der Waals surface area contributed by atoms with Crippen molar-refractivity contribution in [2.75, 3.05) is 6.67 Å². The van der Waals surface area contributed by atoms with Gasteiger partial charge in [-0.2, -0.15) is 0 Å².